The first-order valence-electron chi connectivity index (χ1n) is 12.3. The highest BCUT2D eigenvalue weighted by atomic mass is 19.1. The van der Waals surface area contributed by atoms with E-state index in [4.69, 9.17) is 19.6 Å². The summed E-state index contributed by atoms with van der Waals surface area (Å²) in [5.74, 6) is -2.13. The Kier molecular flexibility index (Phi) is 4.72. The van der Waals surface area contributed by atoms with Crippen LogP contribution in [0, 0.1) is 12.7 Å². The molecule has 2 N–H and O–H groups in total. The molecule has 188 valence electrons. The second-order valence-corrected chi connectivity index (χ2v) is 10.3. The fraction of sp³-hybridized carbons (Fsp3) is 0.444. The van der Waals surface area contributed by atoms with Gasteiger partial charge in [0.15, 0.2) is 0 Å². The number of benzene rings is 1. The third kappa shape index (κ3) is 2.66. The number of hydrogen-bond donors (Lipinski definition) is 1. The number of aryl methyl sites for hydroxylation is 1. The minimum atomic E-state index is -2.05. The predicted octanol–water partition coefficient (Wildman–Crippen LogP) is 3.67. The van der Waals surface area contributed by atoms with Crippen LogP contribution in [0.3, 0.4) is 0 Å². The first kappa shape index (κ1) is 22.8. The van der Waals surface area contributed by atoms with Gasteiger partial charge in [0.05, 0.1) is 12.3 Å². The van der Waals surface area contributed by atoms with Gasteiger partial charge in [0.2, 0.25) is 11.8 Å². The smallest absolute Gasteiger partial charge is 0.344 e. The number of esters is 1. The van der Waals surface area contributed by atoms with E-state index in [1.54, 1.807) is 18.7 Å². The fourth-order valence-corrected chi connectivity index (χ4v) is 7.02. The van der Waals surface area contributed by atoms with E-state index >= 15 is 4.39 Å². The number of carbonyl (C=O) groups is 2. The van der Waals surface area contributed by atoms with Gasteiger partial charge in [-0.05, 0) is 56.7 Å². The molecule has 2 spiro atoms. The zero-order chi connectivity index (χ0) is 25.6. The number of fused-ring (bicyclic) bond motifs is 4. The van der Waals surface area contributed by atoms with Crippen molar-refractivity contribution in [1.82, 2.24) is 0 Å². The molecular weight excluding hydrogens is 467 g/mol. The molecule has 1 aromatic heterocycles. The average Bonchev–Trinajstić information content (AvgIpc) is 3.34. The van der Waals surface area contributed by atoms with E-state index in [2.05, 4.69) is 0 Å². The second-order valence-electron chi connectivity index (χ2n) is 10.3. The van der Waals surface area contributed by atoms with Crippen molar-refractivity contribution in [2.24, 2.45) is 5.73 Å². The Bertz CT molecular complexity index is 1440. The summed E-state index contributed by atoms with van der Waals surface area (Å²) in [6.07, 6.45) is 4.09. The molecule has 4 aliphatic rings. The number of ether oxygens (including phenoxy) is 2. The summed E-state index contributed by atoms with van der Waals surface area (Å²) in [5, 5.41) is 0. The van der Waals surface area contributed by atoms with Gasteiger partial charge in [0, 0.05) is 17.2 Å². The molecule has 0 unspecified atom stereocenters. The van der Waals surface area contributed by atoms with Crippen LogP contribution in [0.5, 0.6) is 5.75 Å². The van der Waals surface area contributed by atoms with Crippen molar-refractivity contribution < 1.29 is 27.9 Å². The van der Waals surface area contributed by atoms with Gasteiger partial charge in [-0.3, -0.25) is 4.79 Å². The Morgan fingerprint density at radius 3 is 2.67 bits per heavy atom. The molecule has 3 aliphatic heterocycles. The summed E-state index contributed by atoms with van der Waals surface area (Å²) >= 11 is 0. The maximum Gasteiger partial charge on any atom is 0.344 e. The number of anilines is 1. The molecule has 0 radical (unpaired) electrons. The molecule has 1 amide bonds. The van der Waals surface area contributed by atoms with E-state index in [0.717, 1.165) is 25.7 Å². The zero-order valence-corrected chi connectivity index (χ0v) is 20.4. The molecule has 1 aromatic carbocycles. The SMILES string of the molecule is CCOC(=O)C1=C(N)Oc2cc(C)oc(=O)c2[C@]12C(=O)N1c3c(cc(F)cc32)[C@H](C)CC12CCCC2. The lowest BCUT2D eigenvalue weighted by molar-refractivity contribution is -0.141. The first-order valence-corrected chi connectivity index (χ1v) is 12.3. The van der Waals surface area contributed by atoms with E-state index < -0.39 is 34.3 Å². The van der Waals surface area contributed by atoms with E-state index in [1.807, 2.05) is 6.92 Å². The predicted molar refractivity (Wildman–Crippen MR) is 127 cm³/mol. The van der Waals surface area contributed by atoms with Crippen molar-refractivity contribution >= 4 is 17.6 Å². The number of amides is 1. The fourth-order valence-electron chi connectivity index (χ4n) is 7.02. The van der Waals surface area contributed by atoms with Crippen molar-refractivity contribution in [3.05, 3.63) is 68.3 Å². The highest BCUT2D eigenvalue weighted by Crippen LogP contribution is 2.62. The summed E-state index contributed by atoms with van der Waals surface area (Å²) in [7, 11) is 0. The molecule has 36 heavy (non-hydrogen) atoms. The molecule has 4 heterocycles. The number of hydrogen-bond acceptors (Lipinski definition) is 7. The Balaban J connectivity index is 1.78. The van der Waals surface area contributed by atoms with Crippen molar-refractivity contribution in [2.45, 2.75) is 69.7 Å². The van der Waals surface area contributed by atoms with Crippen molar-refractivity contribution in [3.63, 3.8) is 0 Å². The van der Waals surface area contributed by atoms with Gasteiger partial charge in [-0.1, -0.05) is 19.8 Å². The molecule has 1 fully saturated rings. The van der Waals surface area contributed by atoms with Gasteiger partial charge in [-0.15, -0.1) is 0 Å². The third-order valence-electron chi connectivity index (χ3n) is 8.22. The number of nitrogens with zero attached hydrogens (tertiary/aromatic N) is 1. The minimum Gasteiger partial charge on any atom is -0.462 e. The molecule has 6 rings (SSSR count). The first-order chi connectivity index (χ1) is 17.2. The molecule has 2 atom stereocenters. The largest absolute Gasteiger partial charge is 0.462 e. The summed E-state index contributed by atoms with van der Waals surface area (Å²) in [6.45, 7) is 5.21. The van der Waals surface area contributed by atoms with Crippen LogP contribution in [0.2, 0.25) is 0 Å². The quantitative estimate of drug-likeness (QED) is 0.634. The highest BCUT2D eigenvalue weighted by molar-refractivity contribution is 6.20. The number of rotatable bonds is 2. The number of carbonyl (C=O) groups excluding carboxylic acids is 2. The Morgan fingerprint density at radius 2 is 1.97 bits per heavy atom. The van der Waals surface area contributed by atoms with Crippen LogP contribution in [-0.4, -0.2) is 24.0 Å². The van der Waals surface area contributed by atoms with Crippen LogP contribution >= 0.6 is 0 Å². The van der Waals surface area contributed by atoms with Crippen molar-refractivity contribution in [2.75, 3.05) is 11.5 Å². The van der Waals surface area contributed by atoms with Crippen LogP contribution < -0.4 is 21.0 Å². The maximum atomic E-state index is 15.3. The lowest BCUT2D eigenvalue weighted by atomic mass is 9.68. The van der Waals surface area contributed by atoms with Crippen LogP contribution in [0.25, 0.3) is 0 Å². The zero-order valence-electron chi connectivity index (χ0n) is 20.4. The molecule has 1 saturated carbocycles. The minimum absolute atomic E-state index is 0.00118. The molecule has 1 aliphatic carbocycles. The highest BCUT2D eigenvalue weighted by Gasteiger charge is 2.67. The van der Waals surface area contributed by atoms with Crippen molar-refractivity contribution in [1.29, 1.82) is 0 Å². The Hall–Kier alpha value is -3.62. The van der Waals surface area contributed by atoms with Crippen LogP contribution in [0.1, 0.15) is 74.3 Å². The second kappa shape index (κ2) is 7.44. The van der Waals surface area contributed by atoms with E-state index in [1.165, 1.54) is 18.2 Å². The van der Waals surface area contributed by atoms with Gasteiger partial charge < -0.3 is 24.5 Å². The molecule has 2 aromatic rings. The van der Waals surface area contributed by atoms with Gasteiger partial charge in [0.1, 0.15) is 33.9 Å². The molecule has 0 saturated heterocycles. The monoisotopic (exact) mass is 494 g/mol. The van der Waals surface area contributed by atoms with Crippen molar-refractivity contribution in [3.8, 4) is 5.75 Å². The Labute approximate surface area is 206 Å². The van der Waals surface area contributed by atoms with E-state index in [-0.39, 0.29) is 46.6 Å². The topological polar surface area (TPSA) is 112 Å². The normalized spacial score (nSPS) is 25.3. The maximum absolute atomic E-state index is 15.3. The molecule has 0 bridgehead atoms. The molecule has 8 nitrogen and oxygen atoms in total. The van der Waals surface area contributed by atoms with Gasteiger partial charge in [0.25, 0.3) is 0 Å². The van der Waals surface area contributed by atoms with E-state index in [9.17, 15) is 14.4 Å². The standard InChI is InChI=1S/C27H27FN2O6/c1-4-34-23(31)20-22(29)36-18-9-14(3)35-24(32)19(18)27(20)17-11-15(28)10-16-13(2)12-26(7-5-6-8-26)30(21(16)17)25(27)33/h9-11,13H,4-8,12,29H2,1-3H3/t13-,27+/m1/s1. The van der Waals surface area contributed by atoms with Crippen LogP contribution in [0.4, 0.5) is 10.1 Å². The summed E-state index contributed by atoms with van der Waals surface area (Å²) in [6, 6.07) is 4.13. The van der Waals surface area contributed by atoms with Gasteiger partial charge in [-0.25, -0.2) is 14.0 Å². The summed E-state index contributed by atoms with van der Waals surface area (Å²) in [4.78, 5) is 43.5. The lowest BCUT2D eigenvalue weighted by Gasteiger charge is -2.46. The summed E-state index contributed by atoms with van der Waals surface area (Å²) < 4.78 is 31.7. The van der Waals surface area contributed by atoms with Crippen LogP contribution in [0.15, 0.2) is 38.9 Å². The van der Waals surface area contributed by atoms with E-state index in [0.29, 0.717) is 17.7 Å². The molecular formula is C27H27FN2O6. The molecule has 9 heteroatoms. The summed E-state index contributed by atoms with van der Waals surface area (Å²) in [5.41, 5.74) is 3.82. The average molecular weight is 495 g/mol. The number of nitrogens with two attached hydrogens (primary N) is 1. The van der Waals surface area contributed by atoms with Crippen LogP contribution in [-0.2, 0) is 19.7 Å². The van der Waals surface area contributed by atoms with Gasteiger partial charge >= 0.3 is 11.6 Å². The number of halogens is 1. The lowest BCUT2D eigenvalue weighted by Crippen LogP contribution is -2.57. The van der Waals surface area contributed by atoms with Gasteiger partial charge in [-0.2, -0.15) is 0 Å². The Morgan fingerprint density at radius 1 is 1.25 bits per heavy atom. The third-order valence-corrected chi connectivity index (χ3v) is 8.22.